The van der Waals surface area contributed by atoms with Gasteiger partial charge in [-0.1, -0.05) is 54.1 Å². The first-order valence-electron chi connectivity index (χ1n) is 9.25. The number of carbonyl (C=O) groups excluding carboxylic acids is 1. The van der Waals surface area contributed by atoms with E-state index in [1.807, 2.05) is 6.07 Å². The van der Waals surface area contributed by atoms with E-state index < -0.39 is 0 Å². The SMILES string of the molecule is Cc1cccc(CN(C(=O)CC2OCCc3ccccc32)C2CC2)c1. The molecule has 1 saturated carbocycles. The molecular formula is C22H25NO2. The fraction of sp³-hybridized carbons (Fsp3) is 0.409. The summed E-state index contributed by atoms with van der Waals surface area (Å²) in [5, 5.41) is 0. The van der Waals surface area contributed by atoms with Crippen LogP contribution in [-0.2, 0) is 22.5 Å². The minimum absolute atomic E-state index is 0.101. The predicted molar refractivity (Wildman–Crippen MR) is 98.2 cm³/mol. The predicted octanol–water partition coefficient (Wildman–Crippen LogP) is 4.19. The number of amides is 1. The van der Waals surface area contributed by atoms with E-state index in [0.29, 0.717) is 25.6 Å². The average Bonchev–Trinajstić information content (AvgIpc) is 3.45. The maximum Gasteiger partial charge on any atom is 0.226 e. The van der Waals surface area contributed by atoms with Crippen LogP contribution in [0.2, 0.25) is 0 Å². The maximum atomic E-state index is 13.0. The molecule has 0 N–H and O–H groups in total. The Balaban J connectivity index is 1.49. The number of benzene rings is 2. The van der Waals surface area contributed by atoms with Gasteiger partial charge in [0.1, 0.15) is 0 Å². The Hall–Kier alpha value is -2.13. The molecular weight excluding hydrogens is 310 g/mol. The zero-order valence-electron chi connectivity index (χ0n) is 14.8. The Morgan fingerprint density at radius 1 is 1.16 bits per heavy atom. The second kappa shape index (κ2) is 7.01. The van der Waals surface area contributed by atoms with Crippen molar-refractivity contribution in [1.82, 2.24) is 4.90 Å². The minimum atomic E-state index is -0.101. The highest BCUT2D eigenvalue weighted by Crippen LogP contribution is 2.33. The van der Waals surface area contributed by atoms with Crippen molar-refractivity contribution in [3.8, 4) is 0 Å². The molecule has 1 amide bonds. The van der Waals surface area contributed by atoms with Crippen molar-refractivity contribution >= 4 is 5.91 Å². The van der Waals surface area contributed by atoms with Gasteiger partial charge in [0.2, 0.25) is 5.91 Å². The molecule has 1 heterocycles. The summed E-state index contributed by atoms with van der Waals surface area (Å²) in [7, 11) is 0. The molecule has 3 heteroatoms. The maximum absolute atomic E-state index is 13.0. The molecule has 0 radical (unpaired) electrons. The van der Waals surface area contributed by atoms with Crippen LogP contribution in [0.25, 0.3) is 0 Å². The van der Waals surface area contributed by atoms with Crippen LogP contribution in [0.5, 0.6) is 0 Å². The zero-order valence-corrected chi connectivity index (χ0v) is 14.8. The fourth-order valence-electron chi connectivity index (χ4n) is 3.74. The first-order chi connectivity index (χ1) is 12.2. The third-order valence-electron chi connectivity index (χ3n) is 5.20. The molecule has 2 aliphatic rings. The molecule has 0 saturated heterocycles. The number of rotatable bonds is 5. The summed E-state index contributed by atoms with van der Waals surface area (Å²) in [6.45, 7) is 3.51. The molecule has 1 unspecified atom stereocenters. The molecule has 25 heavy (non-hydrogen) atoms. The Labute approximate surface area is 149 Å². The molecule has 2 aromatic rings. The van der Waals surface area contributed by atoms with E-state index >= 15 is 0 Å². The lowest BCUT2D eigenvalue weighted by molar-refractivity contribution is -0.136. The van der Waals surface area contributed by atoms with Crippen LogP contribution in [0.1, 0.15) is 47.6 Å². The molecule has 1 aliphatic heterocycles. The smallest absolute Gasteiger partial charge is 0.226 e. The highest BCUT2D eigenvalue weighted by molar-refractivity contribution is 5.77. The van der Waals surface area contributed by atoms with Gasteiger partial charge in [-0.3, -0.25) is 4.79 Å². The van der Waals surface area contributed by atoms with Crippen LogP contribution in [0.4, 0.5) is 0 Å². The molecule has 130 valence electrons. The highest BCUT2D eigenvalue weighted by Gasteiger charge is 2.34. The van der Waals surface area contributed by atoms with Gasteiger partial charge in [0, 0.05) is 12.6 Å². The lowest BCUT2D eigenvalue weighted by Crippen LogP contribution is -2.34. The van der Waals surface area contributed by atoms with Crippen LogP contribution in [0, 0.1) is 6.92 Å². The number of fused-ring (bicyclic) bond motifs is 1. The molecule has 1 fully saturated rings. The molecule has 4 rings (SSSR count). The van der Waals surface area contributed by atoms with Crippen molar-refractivity contribution in [1.29, 1.82) is 0 Å². The number of nitrogens with zero attached hydrogens (tertiary/aromatic N) is 1. The summed E-state index contributed by atoms with van der Waals surface area (Å²) in [6.07, 6.45) is 3.53. The second-order valence-corrected chi connectivity index (χ2v) is 7.25. The average molecular weight is 335 g/mol. The van der Waals surface area contributed by atoms with E-state index in [4.69, 9.17) is 4.74 Å². The van der Waals surface area contributed by atoms with E-state index in [-0.39, 0.29) is 12.0 Å². The van der Waals surface area contributed by atoms with E-state index in [2.05, 4.69) is 54.3 Å². The van der Waals surface area contributed by atoms with Gasteiger partial charge in [-0.2, -0.15) is 0 Å². The zero-order chi connectivity index (χ0) is 17.2. The second-order valence-electron chi connectivity index (χ2n) is 7.25. The van der Waals surface area contributed by atoms with Gasteiger partial charge in [-0.15, -0.1) is 0 Å². The minimum Gasteiger partial charge on any atom is -0.373 e. The van der Waals surface area contributed by atoms with Crippen LogP contribution >= 0.6 is 0 Å². The lowest BCUT2D eigenvalue weighted by Gasteiger charge is -2.29. The van der Waals surface area contributed by atoms with Gasteiger partial charge >= 0.3 is 0 Å². The molecule has 3 nitrogen and oxygen atoms in total. The summed E-state index contributed by atoms with van der Waals surface area (Å²) in [5.41, 5.74) is 4.96. The Bertz CT molecular complexity index is 766. The topological polar surface area (TPSA) is 29.5 Å². The first kappa shape index (κ1) is 16.3. The number of aryl methyl sites for hydroxylation is 1. The van der Waals surface area contributed by atoms with Crippen molar-refractivity contribution in [2.45, 2.75) is 51.3 Å². The summed E-state index contributed by atoms with van der Waals surface area (Å²) >= 11 is 0. The summed E-state index contributed by atoms with van der Waals surface area (Å²) in [6, 6.07) is 17.2. The Morgan fingerprint density at radius 2 is 2.00 bits per heavy atom. The van der Waals surface area contributed by atoms with Gasteiger partial charge in [-0.05, 0) is 42.9 Å². The van der Waals surface area contributed by atoms with Gasteiger partial charge in [0.05, 0.1) is 19.1 Å². The molecule has 1 atom stereocenters. The Kier molecular flexibility index (Phi) is 4.58. The van der Waals surface area contributed by atoms with Crippen molar-refractivity contribution in [3.63, 3.8) is 0 Å². The quantitative estimate of drug-likeness (QED) is 0.820. The Morgan fingerprint density at radius 3 is 2.80 bits per heavy atom. The standard InChI is InChI=1S/C22H25NO2/c1-16-5-4-6-17(13-16)15-23(19-9-10-19)22(24)14-21-20-8-3-2-7-18(20)11-12-25-21/h2-8,13,19,21H,9-12,14-15H2,1H3. The van der Waals surface area contributed by atoms with Gasteiger partial charge in [0.25, 0.3) is 0 Å². The molecule has 1 aliphatic carbocycles. The number of ether oxygens (including phenoxy) is 1. The summed E-state index contributed by atoms with van der Waals surface area (Å²) in [5.74, 6) is 0.214. The monoisotopic (exact) mass is 335 g/mol. The van der Waals surface area contributed by atoms with Crippen molar-refractivity contribution < 1.29 is 9.53 Å². The normalized spacial score (nSPS) is 19.3. The van der Waals surface area contributed by atoms with E-state index in [0.717, 1.165) is 19.3 Å². The van der Waals surface area contributed by atoms with Crippen molar-refractivity contribution in [2.75, 3.05) is 6.61 Å². The van der Waals surface area contributed by atoms with Crippen molar-refractivity contribution in [2.24, 2.45) is 0 Å². The first-order valence-corrected chi connectivity index (χ1v) is 9.25. The molecule has 0 bridgehead atoms. The number of hydrogen-bond acceptors (Lipinski definition) is 2. The van der Waals surface area contributed by atoms with Gasteiger partial charge in [0.15, 0.2) is 0 Å². The van der Waals surface area contributed by atoms with Gasteiger partial charge in [-0.25, -0.2) is 0 Å². The number of carbonyl (C=O) groups is 1. The molecule has 0 spiro atoms. The largest absolute Gasteiger partial charge is 0.373 e. The van der Waals surface area contributed by atoms with E-state index in [1.54, 1.807) is 0 Å². The van der Waals surface area contributed by atoms with Crippen LogP contribution in [-0.4, -0.2) is 23.5 Å². The van der Waals surface area contributed by atoms with Gasteiger partial charge < -0.3 is 9.64 Å². The molecule has 0 aromatic heterocycles. The summed E-state index contributed by atoms with van der Waals surface area (Å²) < 4.78 is 5.95. The number of hydrogen-bond donors (Lipinski definition) is 0. The highest BCUT2D eigenvalue weighted by atomic mass is 16.5. The van der Waals surface area contributed by atoms with Crippen LogP contribution in [0.15, 0.2) is 48.5 Å². The molecule has 2 aromatic carbocycles. The lowest BCUT2D eigenvalue weighted by atomic mass is 9.95. The third-order valence-corrected chi connectivity index (χ3v) is 5.20. The van der Waals surface area contributed by atoms with E-state index in [1.165, 1.54) is 22.3 Å². The fourth-order valence-corrected chi connectivity index (χ4v) is 3.74. The summed E-state index contributed by atoms with van der Waals surface area (Å²) in [4.78, 5) is 15.1. The third kappa shape index (κ3) is 3.77. The van der Waals surface area contributed by atoms with E-state index in [9.17, 15) is 4.79 Å². The van der Waals surface area contributed by atoms with Crippen LogP contribution in [0.3, 0.4) is 0 Å². The van der Waals surface area contributed by atoms with Crippen LogP contribution < -0.4 is 0 Å². The van der Waals surface area contributed by atoms with Crippen molar-refractivity contribution in [3.05, 3.63) is 70.8 Å².